The molecule has 0 radical (unpaired) electrons. The van der Waals surface area contributed by atoms with Gasteiger partial charge in [0.25, 0.3) is 0 Å². The Morgan fingerprint density at radius 2 is 2.02 bits per heavy atom. The monoisotopic (exact) mass is 598 g/mol. The first kappa shape index (κ1) is 27.2. The van der Waals surface area contributed by atoms with Gasteiger partial charge in [0, 0.05) is 35.8 Å². The number of halogens is 3. The van der Waals surface area contributed by atoms with Crippen LogP contribution in [0, 0.1) is 24.0 Å². The minimum absolute atomic E-state index is 0.00952. The van der Waals surface area contributed by atoms with E-state index in [0.717, 1.165) is 19.4 Å². The molecule has 4 atom stereocenters. The number of phenols is 1. The van der Waals surface area contributed by atoms with E-state index in [1.165, 1.54) is 24.3 Å². The lowest BCUT2D eigenvalue weighted by Gasteiger charge is -2.33. The zero-order valence-electron chi connectivity index (χ0n) is 23.8. The summed E-state index contributed by atoms with van der Waals surface area (Å²) >= 11 is 0. The number of phenolic OH excluding ortho intramolecular Hbond substituents is 1. The van der Waals surface area contributed by atoms with Gasteiger partial charge in [0.05, 0.1) is 29.9 Å². The largest absolute Gasteiger partial charge is 0.508 e. The molecule has 1 aromatic heterocycles. The predicted molar refractivity (Wildman–Crippen MR) is 160 cm³/mol. The maximum absolute atomic E-state index is 16.8. The molecule has 7 nitrogen and oxygen atoms in total. The van der Waals surface area contributed by atoms with Crippen molar-refractivity contribution in [1.82, 2.24) is 14.9 Å². The van der Waals surface area contributed by atoms with E-state index in [2.05, 4.69) is 27.3 Å². The number of benzene rings is 3. The van der Waals surface area contributed by atoms with Crippen molar-refractivity contribution >= 4 is 27.5 Å². The van der Waals surface area contributed by atoms with Crippen LogP contribution < -0.4 is 9.64 Å². The lowest BCUT2D eigenvalue weighted by molar-refractivity contribution is 0.0989. The standard InChI is InChI=1S/C34H29F3N4O3/c1-3-24-28(36)8-5-19-11-22(42)13-27(29(19)24)25-6-7-26-31(30(25)37)38-33(39-32(26)41-16-23-12-21(41)17-43-23)44-18(2)34-9-4-10-40(34)15-20(35)14-34/h1,5-8,11,13,20-21,23,42H,2,4,9-10,12,14-17H2/t20-,21-,23-,34+/m1/s1. The van der Waals surface area contributed by atoms with Crippen LogP contribution in [0.1, 0.15) is 31.2 Å². The van der Waals surface area contributed by atoms with Crippen LogP contribution in [0.3, 0.4) is 0 Å². The fourth-order valence-electron chi connectivity index (χ4n) is 7.77. The summed E-state index contributed by atoms with van der Waals surface area (Å²) in [4.78, 5) is 13.5. The molecule has 0 unspecified atom stereocenters. The number of terminal acetylenes is 1. The third kappa shape index (κ3) is 3.99. The number of aromatic nitrogens is 2. The Kier molecular flexibility index (Phi) is 6.09. The van der Waals surface area contributed by atoms with E-state index in [0.29, 0.717) is 53.9 Å². The highest BCUT2D eigenvalue weighted by atomic mass is 19.1. The van der Waals surface area contributed by atoms with Crippen molar-refractivity contribution in [2.24, 2.45) is 0 Å². The second kappa shape index (κ2) is 9.84. The average Bonchev–Trinajstić information content (AvgIpc) is 3.79. The molecule has 8 rings (SSSR count). The fraction of sp³-hybridized carbons (Fsp3) is 0.353. The van der Waals surface area contributed by atoms with Crippen molar-refractivity contribution in [2.45, 2.75) is 49.5 Å². The smallest absolute Gasteiger partial charge is 0.324 e. The van der Waals surface area contributed by atoms with Crippen LogP contribution in [-0.4, -0.2) is 70.1 Å². The molecule has 0 amide bonds. The van der Waals surface area contributed by atoms with Gasteiger partial charge in [-0.2, -0.15) is 9.97 Å². The number of ether oxygens (including phenoxy) is 2. The van der Waals surface area contributed by atoms with Crippen LogP contribution in [0.4, 0.5) is 19.0 Å². The zero-order chi connectivity index (χ0) is 30.3. The van der Waals surface area contributed by atoms with E-state index in [4.69, 9.17) is 20.9 Å². The van der Waals surface area contributed by atoms with Gasteiger partial charge in [0.1, 0.15) is 34.8 Å². The third-order valence-corrected chi connectivity index (χ3v) is 9.76. The third-order valence-electron chi connectivity index (χ3n) is 9.76. The van der Waals surface area contributed by atoms with Crippen LogP contribution in [0.2, 0.25) is 0 Å². The van der Waals surface area contributed by atoms with Crippen molar-refractivity contribution in [3.63, 3.8) is 0 Å². The Hall–Kier alpha value is -4.33. The van der Waals surface area contributed by atoms with Crippen LogP contribution in [0.5, 0.6) is 11.8 Å². The molecule has 4 fully saturated rings. The number of hydrogen-bond donors (Lipinski definition) is 1. The highest BCUT2D eigenvalue weighted by Gasteiger charge is 2.52. The molecule has 3 aromatic carbocycles. The van der Waals surface area contributed by atoms with Gasteiger partial charge in [-0.25, -0.2) is 13.2 Å². The van der Waals surface area contributed by atoms with E-state index in [1.807, 2.05) is 0 Å². The van der Waals surface area contributed by atoms with Gasteiger partial charge >= 0.3 is 6.01 Å². The second-order valence-electron chi connectivity index (χ2n) is 12.2. The van der Waals surface area contributed by atoms with Gasteiger partial charge < -0.3 is 19.5 Å². The molecule has 10 heteroatoms. The molecule has 4 saturated heterocycles. The van der Waals surface area contributed by atoms with Crippen molar-refractivity contribution in [3.05, 3.63) is 65.9 Å². The molecule has 0 spiro atoms. The van der Waals surface area contributed by atoms with Gasteiger partial charge in [0.2, 0.25) is 0 Å². The fourth-order valence-corrected chi connectivity index (χ4v) is 7.77. The van der Waals surface area contributed by atoms with Crippen molar-refractivity contribution in [2.75, 3.05) is 31.1 Å². The molecular weight excluding hydrogens is 569 g/mol. The maximum atomic E-state index is 16.8. The molecule has 1 N–H and O–H groups in total. The highest BCUT2D eigenvalue weighted by molar-refractivity contribution is 6.04. The van der Waals surface area contributed by atoms with Crippen LogP contribution in [0.15, 0.2) is 48.7 Å². The maximum Gasteiger partial charge on any atom is 0.324 e. The number of rotatable bonds is 5. The summed E-state index contributed by atoms with van der Waals surface area (Å²) in [6.45, 7) is 6.37. The number of alkyl halides is 1. The molecule has 224 valence electrons. The Balaban J connectivity index is 1.30. The van der Waals surface area contributed by atoms with Gasteiger partial charge in [-0.05, 0) is 61.0 Å². The SMILES string of the molecule is C#Cc1c(F)ccc2cc(O)cc(-c3ccc4c(N5C[C@H]6C[C@@H]5CO6)nc(OC(=C)[C@@]56CCCN5C[C@H](F)C6)nc4c3F)c12. The van der Waals surface area contributed by atoms with Crippen LogP contribution in [-0.2, 0) is 4.74 Å². The first-order valence-electron chi connectivity index (χ1n) is 14.8. The molecule has 0 aliphatic carbocycles. The van der Waals surface area contributed by atoms with Crippen molar-refractivity contribution in [1.29, 1.82) is 0 Å². The molecule has 4 aliphatic heterocycles. The number of anilines is 1. The Bertz CT molecular complexity index is 1930. The number of aromatic hydroxyl groups is 1. The van der Waals surface area contributed by atoms with Crippen molar-refractivity contribution < 1.29 is 27.8 Å². The first-order chi connectivity index (χ1) is 21.3. The Morgan fingerprint density at radius 3 is 2.80 bits per heavy atom. The molecule has 5 heterocycles. The number of hydrogen-bond acceptors (Lipinski definition) is 7. The summed E-state index contributed by atoms with van der Waals surface area (Å²) < 4.78 is 58.2. The Morgan fingerprint density at radius 1 is 1.16 bits per heavy atom. The number of nitrogens with zero attached hydrogens (tertiary/aromatic N) is 4. The Labute approximate surface area is 251 Å². The predicted octanol–water partition coefficient (Wildman–Crippen LogP) is 5.86. The van der Waals surface area contributed by atoms with Crippen molar-refractivity contribution in [3.8, 4) is 35.2 Å². The summed E-state index contributed by atoms with van der Waals surface area (Å²) in [5.74, 6) is 1.78. The normalized spacial score (nSPS) is 26.0. The van der Waals surface area contributed by atoms with Gasteiger partial charge in [-0.15, -0.1) is 6.42 Å². The molecular formula is C34H29F3N4O3. The number of fused-ring (bicyclic) bond motifs is 5. The van der Waals surface area contributed by atoms with E-state index < -0.39 is 23.3 Å². The zero-order valence-corrected chi connectivity index (χ0v) is 23.8. The molecule has 44 heavy (non-hydrogen) atoms. The first-order valence-corrected chi connectivity index (χ1v) is 14.8. The van der Waals surface area contributed by atoms with Gasteiger partial charge in [-0.3, -0.25) is 4.90 Å². The second-order valence-corrected chi connectivity index (χ2v) is 12.2. The quantitative estimate of drug-likeness (QED) is 0.228. The highest BCUT2D eigenvalue weighted by Crippen LogP contribution is 2.46. The van der Waals surface area contributed by atoms with E-state index in [-0.39, 0.29) is 52.5 Å². The van der Waals surface area contributed by atoms with Crippen LogP contribution in [0.25, 0.3) is 32.8 Å². The summed E-state index contributed by atoms with van der Waals surface area (Å²) in [6, 6.07) is 8.82. The van der Waals surface area contributed by atoms with Crippen LogP contribution >= 0.6 is 0 Å². The lowest BCUT2D eigenvalue weighted by atomic mass is 9.92. The molecule has 0 saturated carbocycles. The lowest BCUT2D eigenvalue weighted by Crippen LogP contribution is -2.41. The topological polar surface area (TPSA) is 71.0 Å². The minimum Gasteiger partial charge on any atom is -0.508 e. The minimum atomic E-state index is -0.987. The average molecular weight is 599 g/mol. The van der Waals surface area contributed by atoms with E-state index in [1.54, 1.807) is 12.1 Å². The molecule has 4 aliphatic rings. The molecule has 4 aromatic rings. The summed E-state index contributed by atoms with van der Waals surface area (Å²) in [6.07, 6.45) is 7.45. The number of morpholine rings is 1. The molecule has 2 bridgehead atoms. The summed E-state index contributed by atoms with van der Waals surface area (Å²) in [5, 5.41) is 11.8. The summed E-state index contributed by atoms with van der Waals surface area (Å²) in [5.41, 5.74) is -0.387. The van der Waals surface area contributed by atoms with Gasteiger partial charge in [0.15, 0.2) is 5.82 Å². The van der Waals surface area contributed by atoms with Gasteiger partial charge in [-0.1, -0.05) is 24.6 Å². The summed E-state index contributed by atoms with van der Waals surface area (Å²) in [7, 11) is 0. The van der Waals surface area contributed by atoms with E-state index in [9.17, 15) is 13.9 Å². The van der Waals surface area contributed by atoms with E-state index >= 15 is 4.39 Å².